The molecule has 0 bridgehead atoms. The van der Waals surface area contributed by atoms with Crippen molar-refractivity contribution < 1.29 is 50.3 Å². The first kappa shape index (κ1) is 21.2. The molecular formula is C16H24O10. The molecule has 8 N–H and O–H groups in total. The Morgan fingerprint density at radius 3 is 1.77 bits per heavy atom. The summed E-state index contributed by atoms with van der Waals surface area (Å²) in [7, 11) is 0. The monoisotopic (exact) mass is 376 g/mol. The smallest absolute Gasteiger partial charge is 0.147 e. The van der Waals surface area contributed by atoms with Gasteiger partial charge in [0.15, 0.2) is 0 Å². The van der Waals surface area contributed by atoms with Gasteiger partial charge in [-0.15, -0.1) is 0 Å². The van der Waals surface area contributed by atoms with Gasteiger partial charge in [-0.25, -0.2) is 0 Å². The summed E-state index contributed by atoms with van der Waals surface area (Å²) in [5.74, 6) is 4.94. The Balaban J connectivity index is 2.12. The van der Waals surface area contributed by atoms with Gasteiger partial charge in [0.25, 0.3) is 0 Å². The Hall–Kier alpha value is -1.10. The number of rotatable bonds is 3. The van der Waals surface area contributed by atoms with Gasteiger partial charge in [-0.2, -0.15) is 0 Å². The fraction of sp³-hybridized carbons (Fsp3) is 0.750. The second-order valence-electron chi connectivity index (χ2n) is 6.29. The molecule has 10 atom stereocenters. The van der Waals surface area contributed by atoms with E-state index in [4.69, 9.17) is 14.6 Å². The quantitative estimate of drug-likeness (QED) is 0.223. The topological polar surface area (TPSA) is 180 Å². The second kappa shape index (κ2) is 8.73. The highest BCUT2D eigenvalue weighted by Crippen LogP contribution is 2.25. The maximum absolute atomic E-state index is 10.0. The van der Waals surface area contributed by atoms with Crippen LogP contribution in [0.2, 0.25) is 0 Å². The van der Waals surface area contributed by atoms with Crippen LogP contribution in [-0.2, 0) is 9.47 Å². The van der Waals surface area contributed by atoms with Gasteiger partial charge in [-0.3, -0.25) is 0 Å². The van der Waals surface area contributed by atoms with Crippen LogP contribution < -0.4 is 0 Å². The molecule has 2 rings (SSSR count). The number of ether oxygens (including phenoxy) is 2. The molecule has 0 spiro atoms. The molecule has 2 aliphatic heterocycles. The van der Waals surface area contributed by atoms with E-state index in [-0.39, 0.29) is 5.57 Å². The molecule has 0 amide bonds. The summed E-state index contributed by atoms with van der Waals surface area (Å²) in [4.78, 5) is 0. The van der Waals surface area contributed by atoms with Crippen molar-refractivity contribution in [1.82, 2.24) is 0 Å². The van der Waals surface area contributed by atoms with Gasteiger partial charge in [0.2, 0.25) is 0 Å². The maximum Gasteiger partial charge on any atom is 0.147 e. The molecule has 2 saturated heterocycles. The Morgan fingerprint density at radius 1 is 0.731 bits per heavy atom. The fourth-order valence-corrected chi connectivity index (χ4v) is 2.85. The predicted octanol–water partition coefficient (Wildman–Crippen LogP) is -4.77. The Labute approximate surface area is 149 Å². The normalized spacial score (nSPS) is 46.3. The minimum Gasteiger partial charge on any atom is -0.394 e. The van der Waals surface area contributed by atoms with E-state index >= 15 is 0 Å². The summed E-state index contributed by atoms with van der Waals surface area (Å²) in [5, 5.41) is 77.2. The molecule has 0 aliphatic carbocycles. The molecule has 2 heterocycles. The first-order valence-corrected chi connectivity index (χ1v) is 8.04. The van der Waals surface area contributed by atoms with Crippen LogP contribution in [0.25, 0.3) is 0 Å². The van der Waals surface area contributed by atoms with E-state index in [1.54, 1.807) is 0 Å². The minimum atomic E-state index is -1.59. The molecule has 2 aliphatic rings. The third-order valence-electron chi connectivity index (χ3n) is 4.50. The number of hydrogen-bond donors (Lipinski definition) is 8. The summed E-state index contributed by atoms with van der Waals surface area (Å²) in [6.45, 7) is 2.41. The van der Waals surface area contributed by atoms with Crippen LogP contribution in [0.1, 0.15) is 0 Å². The van der Waals surface area contributed by atoms with Gasteiger partial charge in [0.05, 0.1) is 13.2 Å². The van der Waals surface area contributed by atoms with Crippen molar-refractivity contribution in [3.8, 4) is 11.8 Å². The first-order valence-electron chi connectivity index (χ1n) is 8.04. The fourth-order valence-electron chi connectivity index (χ4n) is 2.85. The lowest BCUT2D eigenvalue weighted by atomic mass is 9.91. The summed E-state index contributed by atoms with van der Waals surface area (Å²) in [6, 6.07) is 0. The van der Waals surface area contributed by atoms with Crippen LogP contribution in [0, 0.1) is 11.8 Å². The van der Waals surface area contributed by atoms with Gasteiger partial charge < -0.3 is 50.3 Å². The van der Waals surface area contributed by atoms with E-state index in [9.17, 15) is 35.7 Å². The standard InChI is InChI=1S/C16H24O10/c1-6(16-15(24)14(23)12(21)9(5-18)26-16)2-3-7-10(19)13(22)11(20)8(4-17)25-7/h7-24H,1,4-5H2/t7?,8-,9-,10-,11-,12-,13-,14+,15+,16-/m1/s1. The Bertz CT molecular complexity index is 553. The van der Waals surface area contributed by atoms with Crippen molar-refractivity contribution in [2.75, 3.05) is 13.2 Å². The van der Waals surface area contributed by atoms with Crippen LogP contribution in [-0.4, -0.2) is 115 Å². The van der Waals surface area contributed by atoms with Crippen LogP contribution in [0.4, 0.5) is 0 Å². The van der Waals surface area contributed by atoms with Gasteiger partial charge in [0, 0.05) is 5.57 Å². The lowest BCUT2D eigenvalue weighted by molar-refractivity contribution is -0.218. The van der Waals surface area contributed by atoms with Crippen LogP contribution in [0.15, 0.2) is 12.2 Å². The molecule has 1 unspecified atom stereocenters. The first-order chi connectivity index (χ1) is 12.2. The molecule has 26 heavy (non-hydrogen) atoms. The van der Waals surface area contributed by atoms with Crippen molar-refractivity contribution in [2.24, 2.45) is 0 Å². The summed E-state index contributed by atoms with van der Waals surface area (Å²) >= 11 is 0. The molecule has 0 aromatic heterocycles. The van der Waals surface area contributed by atoms with E-state index in [2.05, 4.69) is 18.4 Å². The zero-order valence-electron chi connectivity index (χ0n) is 13.8. The molecule has 0 saturated carbocycles. The highest BCUT2D eigenvalue weighted by molar-refractivity contribution is 5.33. The predicted molar refractivity (Wildman–Crippen MR) is 84.5 cm³/mol. The molecule has 10 heteroatoms. The van der Waals surface area contributed by atoms with Crippen molar-refractivity contribution in [3.63, 3.8) is 0 Å². The molecule has 0 radical (unpaired) electrons. The third kappa shape index (κ3) is 4.08. The van der Waals surface area contributed by atoms with Crippen LogP contribution >= 0.6 is 0 Å². The number of hydrogen-bond acceptors (Lipinski definition) is 10. The van der Waals surface area contributed by atoms with Crippen molar-refractivity contribution in [2.45, 2.75) is 61.0 Å². The SMILES string of the molecule is C=C(C#CC1O[C@H](CO)[C@@H](O)[C@H](O)[C@@H]1O)[C@H]1O[C@H](CO)[C@@H](O)[C@H](O)[C@@H]1O. The van der Waals surface area contributed by atoms with Crippen LogP contribution in [0.5, 0.6) is 0 Å². The molecule has 0 aromatic carbocycles. The molecule has 2 fully saturated rings. The highest BCUT2D eigenvalue weighted by atomic mass is 16.6. The minimum absolute atomic E-state index is 0.0288. The zero-order chi connectivity index (χ0) is 19.6. The van der Waals surface area contributed by atoms with Crippen LogP contribution in [0.3, 0.4) is 0 Å². The largest absolute Gasteiger partial charge is 0.394 e. The average Bonchev–Trinajstić information content (AvgIpc) is 2.63. The van der Waals surface area contributed by atoms with Gasteiger partial charge in [0.1, 0.15) is 61.0 Å². The lowest BCUT2D eigenvalue weighted by Gasteiger charge is -2.40. The number of aliphatic hydroxyl groups excluding tert-OH is 8. The van der Waals surface area contributed by atoms with E-state index in [0.717, 1.165) is 0 Å². The van der Waals surface area contributed by atoms with Gasteiger partial charge >= 0.3 is 0 Å². The summed E-state index contributed by atoms with van der Waals surface area (Å²) in [5.41, 5.74) is -0.0288. The van der Waals surface area contributed by atoms with E-state index in [0.29, 0.717) is 0 Å². The summed E-state index contributed by atoms with van der Waals surface area (Å²) in [6.07, 6.45) is -14.0. The zero-order valence-corrected chi connectivity index (χ0v) is 13.8. The summed E-state index contributed by atoms with van der Waals surface area (Å²) < 4.78 is 10.5. The van der Waals surface area contributed by atoms with Gasteiger partial charge in [-0.1, -0.05) is 18.4 Å². The molecule has 0 aromatic rings. The van der Waals surface area contributed by atoms with Gasteiger partial charge in [-0.05, 0) is 0 Å². The molecule has 10 nitrogen and oxygen atoms in total. The van der Waals surface area contributed by atoms with E-state index in [1.807, 2.05) is 0 Å². The number of aliphatic hydroxyl groups is 8. The lowest BCUT2D eigenvalue weighted by Crippen LogP contribution is -2.59. The molecular weight excluding hydrogens is 352 g/mol. The Kier molecular flexibility index (Phi) is 7.12. The molecule has 148 valence electrons. The Morgan fingerprint density at radius 2 is 1.23 bits per heavy atom. The average molecular weight is 376 g/mol. The van der Waals surface area contributed by atoms with Crippen molar-refractivity contribution in [1.29, 1.82) is 0 Å². The second-order valence-corrected chi connectivity index (χ2v) is 6.29. The third-order valence-corrected chi connectivity index (χ3v) is 4.50. The van der Waals surface area contributed by atoms with Crippen molar-refractivity contribution >= 4 is 0 Å². The maximum atomic E-state index is 10.0. The van der Waals surface area contributed by atoms with E-state index in [1.165, 1.54) is 0 Å². The van der Waals surface area contributed by atoms with Crippen molar-refractivity contribution in [3.05, 3.63) is 12.2 Å². The highest BCUT2D eigenvalue weighted by Gasteiger charge is 2.45. The van der Waals surface area contributed by atoms with E-state index < -0.39 is 74.3 Å².